The molecular formula is C13H18BrNO3. The number of hydrogen-bond acceptors (Lipinski definition) is 3. The van der Waals surface area contributed by atoms with Gasteiger partial charge in [0.05, 0.1) is 19.4 Å². The molecule has 0 bridgehead atoms. The fourth-order valence-corrected chi connectivity index (χ4v) is 1.84. The van der Waals surface area contributed by atoms with Gasteiger partial charge >= 0.3 is 0 Å². The van der Waals surface area contributed by atoms with E-state index in [-0.39, 0.29) is 5.91 Å². The number of benzene rings is 1. The quantitative estimate of drug-likeness (QED) is 0.816. The molecule has 5 heteroatoms. The first-order chi connectivity index (χ1) is 8.58. The van der Waals surface area contributed by atoms with Crippen molar-refractivity contribution in [1.82, 2.24) is 0 Å². The van der Waals surface area contributed by atoms with Gasteiger partial charge < -0.3 is 14.8 Å². The van der Waals surface area contributed by atoms with Crippen molar-refractivity contribution in [2.45, 2.75) is 26.7 Å². The molecule has 18 heavy (non-hydrogen) atoms. The van der Waals surface area contributed by atoms with Gasteiger partial charge in [-0.3, -0.25) is 4.79 Å². The highest BCUT2D eigenvalue weighted by atomic mass is 79.9. The molecule has 0 radical (unpaired) electrons. The Morgan fingerprint density at radius 3 is 2.67 bits per heavy atom. The zero-order valence-electron chi connectivity index (χ0n) is 10.9. The van der Waals surface area contributed by atoms with Crippen LogP contribution in [-0.2, 0) is 4.79 Å². The van der Waals surface area contributed by atoms with Gasteiger partial charge in [-0.15, -0.1) is 0 Å². The molecule has 4 nitrogen and oxygen atoms in total. The maximum Gasteiger partial charge on any atom is 0.221 e. The molecular weight excluding hydrogens is 298 g/mol. The molecule has 1 N–H and O–H groups in total. The summed E-state index contributed by atoms with van der Waals surface area (Å²) < 4.78 is 11.7. The molecule has 0 saturated heterocycles. The van der Waals surface area contributed by atoms with Crippen molar-refractivity contribution in [2.24, 2.45) is 0 Å². The van der Waals surface area contributed by atoms with Crippen LogP contribution < -0.4 is 14.8 Å². The van der Waals surface area contributed by atoms with Crippen molar-refractivity contribution < 1.29 is 14.3 Å². The first-order valence-corrected chi connectivity index (χ1v) is 6.65. The Morgan fingerprint density at radius 2 is 2.11 bits per heavy atom. The van der Waals surface area contributed by atoms with E-state index in [1.165, 1.54) is 6.92 Å². The Labute approximate surface area is 116 Å². The van der Waals surface area contributed by atoms with Crippen LogP contribution in [0.25, 0.3) is 0 Å². The summed E-state index contributed by atoms with van der Waals surface area (Å²) in [6.07, 6.45) is 2.05. The minimum atomic E-state index is -0.125. The zero-order valence-corrected chi connectivity index (χ0v) is 12.5. The Kier molecular flexibility index (Phi) is 5.98. The van der Waals surface area contributed by atoms with Gasteiger partial charge in [-0.25, -0.2) is 0 Å². The second kappa shape index (κ2) is 7.26. The van der Waals surface area contributed by atoms with Crippen LogP contribution >= 0.6 is 15.9 Å². The smallest absolute Gasteiger partial charge is 0.221 e. The van der Waals surface area contributed by atoms with E-state index in [0.29, 0.717) is 23.8 Å². The third-order valence-electron chi connectivity index (χ3n) is 2.32. The normalized spacial score (nSPS) is 10.0. The highest BCUT2D eigenvalue weighted by molar-refractivity contribution is 9.10. The van der Waals surface area contributed by atoms with E-state index in [2.05, 4.69) is 28.2 Å². The van der Waals surface area contributed by atoms with Crippen LogP contribution in [0.3, 0.4) is 0 Å². The van der Waals surface area contributed by atoms with E-state index >= 15 is 0 Å². The Hall–Kier alpha value is -1.23. The van der Waals surface area contributed by atoms with Crippen LogP contribution in [0.5, 0.6) is 11.5 Å². The monoisotopic (exact) mass is 315 g/mol. The molecule has 0 unspecified atom stereocenters. The van der Waals surface area contributed by atoms with Crippen LogP contribution in [0.2, 0.25) is 0 Å². The van der Waals surface area contributed by atoms with Crippen molar-refractivity contribution in [3.8, 4) is 11.5 Å². The van der Waals surface area contributed by atoms with Crippen LogP contribution in [0.15, 0.2) is 16.6 Å². The number of carbonyl (C=O) groups is 1. The predicted octanol–water partition coefficient (Wildman–Crippen LogP) is 3.60. The number of halogens is 1. The highest BCUT2D eigenvalue weighted by Crippen LogP contribution is 2.36. The summed E-state index contributed by atoms with van der Waals surface area (Å²) in [6.45, 7) is 4.20. The van der Waals surface area contributed by atoms with Crippen molar-refractivity contribution in [1.29, 1.82) is 0 Å². The molecule has 0 aromatic heterocycles. The fraction of sp³-hybridized carbons (Fsp3) is 0.462. The zero-order chi connectivity index (χ0) is 13.5. The minimum absolute atomic E-state index is 0.125. The average Bonchev–Trinajstić information content (AvgIpc) is 2.32. The van der Waals surface area contributed by atoms with Crippen molar-refractivity contribution in [3.63, 3.8) is 0 Å². The molecule has 100 valence electrons. The van der Waals surface area contributed by atoms with Gasteiger partial charge in [-0.1, -0.05) is 13.3 Å². The molecule has 0 atom stereocenters. The molecule has 0 saturated carbocycles. The topological polar surface area (TPSA) is 47.6 Å². The third-order valence-corrected chi connectivity index (χ3v) is 2.98. The molecule has 0 spiro atoms. The van der Waals surface area contributed by atoms with Gasteiger partial charge in [0, 0.05) is 23.5 Å². The van der Waals surface area contributed by atoms with E-state index in [4.69, 9.17) is 9.47 Å². The SMILES string of the molecule is CCCCOc1cc(NC(C)=O)c(Br)cc1OC. The van der Waals surface area contributed by atoms with E-state index in [0.717, 1.165) is 17.3 Å². The summed E-state index contributed by atoms with van der Waals surface area (Å²) in [4.78, 5) is 11.1. The molecule has 1 aromatic carbocycles. The molecule has 0 heterocycles. The highest BCUT2D eigenvalue weighted by Gasteiger charge is 2.11. The van der Waals surface area contributed by atoms with Crippen molar-refractivity contribution in [2.75, 3.05) is 19.0 Å². The first-order valence-electron chi connectivity index (χ1n) is 5.86. The number of rotatable bonds is 6. The van der Waals surface area contributed by atoms with Gasteiger partial charge in [-0.2, -0.15) is 0 Å². The fourth-order valence-electron chi connectivity index (χ4n) is 1.42. The number of amides is 1. The van der Waals surface area contributed by atoms with E-state index in [9.17, 15) is 4.79 Å². The lowest BCUT2D eigenvalue weighted by Crippen LogP contribution is -2.07. The minimum Gasteiger partial charge on any atom is -0.493 e. The van der Waals surface area contributed by atoms with Gasteiger partial charge in [0.15, 0.2) is 11.5 Å². The summed E-state index contributed by atoms with van der Waals surface area (Å²) in [5, 5.41) is 2.73. The Balaban J connectivity index is 2.94. The Morgan fingerprint density at radius 1 is 1.39 bits per heavy atom. The lowest BCUT2D eigenvalue weighted by molar-refractivity contribution is -0.114. The molecule has 0 aliphatic heterocycles. The maximum absolute atomic E-state index is 11.1. The van der Waals surface area contributed by atoms with Crippen LogP contribution in [-0.4, -0.2) is 19.6 Å². The average molecular weight is 316 g/mol. The van der Waals surface area contributed by atoms with Crippen LogP contribution in [0.4, 0.5) is 5.69 Å². The van der Waals surface area contributed by atoms with Crippen molar-refractivity contribution >= 4 is 27.5 Å². The molecule has 1 amide bonds. The standard InChI is InChI=1S/C13H18BrNO3/c1-4-5-6-18-13-8-11(15-9(2)16)10(14)7-12(13)17-3/h7-8H,4-6H2,1-3H3,(H,15,16). The first kappa shape index (κ1) is 14.8. The molecule has 0 aliphatic carbocycles. The van der Waals surface area contributed by atoms with E-state index < -0.39 is 0 Å². The number of methoxy groups -OCH3 is 1. The third kappa shape index (κ3) is 4.22. The molecule has 0 aliphatic rings. The number of carbonyl (C=O) groups excluding carboxylic acids is 1. The summed E-state index contributed by atoms with van der Waals surface area (Å²) in [5.41, 5.74) is 0.676. The summed E-state index contributed by atoms with van der Waals surface area (Å²) in [6, 6.07) is 3.55. The summed E-state index contributed by atoms with van der Waals surface area (Å²) in [7, 11) is 1.59. The molecule has 1 rings (SSSR count). The second-order valence-electron chi connectivity index (χ2n) is 3.87. The second-order valence-corrected chi connectivity index (χ2v) is 4.72. The molecule has 1 aromatic rings. The Bertz CT molecular complexity index is 421. The largest absolute Gasteiger partial charge is 0.493 e. The van der Waals surface area contributed by atoms with Crippen LogP contribution in [0, 0.1) is 0 Å². The van der Waals surface area contributed by atoms with Gasteiger partial charge in [0.2, 0.25) is 5.91 Å². The summed E-state index contributed by atoms with van der Waals surface area (Å²) in [5.74, 6) is 1.16. The lowest BCUT2D eigenvalue weighted by Gasteiger charge is -2.14. The van der Waals surface area contributed by atoms with Gasteiger partial charge in [0.1, 0.15) is 0 Å². The van der Waals surface area contributed by atoms with Crippen LogP contribution in [0.1, 0.15) is 26.7 Å². The van der Waals surface area contributed by atoms with E-state index in [1.807, 2.05) is 0 Å². The predicted molar refractivity (Wildman–Crippen MR) is 75.4 cm³/mol. The van der Waals surface area contributed by atoms with Gasteiger partial charge in [0.25, 0.3) is 0 Å². The number of nitrogens with one attached hydrogen (secondary N) is 1. The van der Waals surface area contributed by atoms with E-state index in [1.54, 1.807) is 19.2 Å². The molecule has 0 fully saturated rings. The number of unbranched alkanes of at least 4 members (excludes halogenated alkanes) is 1. The maximum atomic E-state index is 11.1. The lowest BCUT2D eigenvalue weighted by atomic mass is 10.2. The number of ether oxygens (including phenoxy) is 2. The van der Waals surface area contributed by atoms with Crippen molar-refractivity contribution in [3.05, 3.63) is 16.6 Å². The number of hydrogen-bond donors (Lipinski definition) is 1. The summed E-state index contributed by atoms with van der Waals surface area (Å²) >= 11 is 3.38. The number of anilines is 1. The van der Waals surface area contributed by atoms with Gasteiger partial charge in [-0.05, 0) is 22.4 Å².